The van der Waals surface area contributed by atoms with E-state index in [1.54, 1.807) is 19.1 Å². The van der Waals surface area contributed by atoms with Gasteiger partial charge in [-0.3, -0.25) is 4.79 Å². The van der Waals surface area contributed by atoms with Crippen LogP contribution in [0, 0.1) is 6.92 Å². The predicted octanol–water partition coefficient (Wildman–Crippen LogP) is 3.62. The summed E-state index contributed by atoms with van der Waals surface area (Å²) in [5.74, 6) is -0.413. The van der Waals surface area contributed by atoms with Crippen molar-refractivity contribution >= 4 is 17.8 Å². The van der Waals surface area contributed by atoms with E-state index in [0.717, 1.165) is 16.3 Å². The molecule has 0 aliphatic heterocycles. The van der Waals surface area contributed by atoms with Gasteiger partial charge in [-0.05, 0) is 36.8 Å². The average molecular weight is 417 g/mol. The molecule has 1 heterocycles. The van der Waals surface area contributed by atoms with E-state index in [1.807, 2.05) is 0 Å². The van der Waals surface area contributed by atoms with E-state index in [1.165, 1.54) is 36.4 Å². The van der Waals surface area contributed by atoms with Crippen molar-refractivity contribution < 1.29 is 22.8 Å². The van der Waals surface area contributed by atoms with Crippen LogP contribution in [-0.4, -0.2) is 21.7 Å². The molecule has 7 nitrogen and oxygen atoms in total. The molecule has 0 fully saturated rings. The van der Waals surface area contributed by atoms with Gasteiger partial charge in [-0.25, -0.2) is 9.48 Å². The van der Waals surface area contributed by atoms with Gasteiger partial charge in [0.15, 0.2) is 0 Å². The SMILES string of the molecule is Cc1cc(NC(=O)c2ccc(CNC(N)=O)cc2)n(-c2ccccc2C(F)(F)F)n1. The van der Waals surface area contributed by atoms with Gasteiger partial charge in [-0.1, -0.05) is 24.3 Å². The summed E-state index contributed by atoms with van der Waals surface area (Å²) in [6.45, 7) is 1.82. The first-order chi connectivity index (χ1) is 14.1. The minimum Gasteiger partial charge on any atom is -0.352 e. The predicted molar refractivity (Wildman–Crippen MR) is 104 cm³/mol. The van der Waals surface area contributed by atoms with Crippen molar-refractivity contribution in [3.8, 4) is 5.69 Å². The molecule has 156 valence electrons. The van der Waals surface area contributed by atoms with Gasteiger partial charge in [-0.15, -0.1) is 0 Å². The van der Waals surface area contributed by atoms with E-state index >= 15 is 0 Å². The maximum atomic E-state index is 13.4. The third-order valence-electron chi connectivity index (χ3n) is 4.19. The highest BCUT2D eigenvalue weighted by atomic mass is 19.4. The summed E-state index contributed by atoms with van der Waals surface area (Å²) < 4.78 is 41.2. The summed E-state index contributed by atoms with van der Waals surface area (Å²) >= 11 is 0. The second-order valence-electron chi connectivity index (χ2n) is 6.47. The molecule has 0 radical (unpaired) electrons. The number of alkyl halides is 3. The van der Waals surface area contributed by atoms with Crippen molar-refractivity contribution in [2.24, 2.45) is 5.73 Å². The second-order valence-corrected chi connectivity index (χ2v) is 6.47. The van der Waals surface area contributed by atoms with E-state index in [0.29, 0.717) is 5.69 Å². The number of carbonyl (C=O) groups excluding carboxylic acids is 2. The van der Waals surface area contributed by atoms with Crippen LogP contribution in [0.3, 0.4) is 0 Å². The molecule has 0 atom stereocenters. The lowest BCUT2D eigenvalue weighted by Crippen LogP contribution is -2.28. The third kappa shape index (κ3) is 4.77. The highest BCUT2D eigenvalue weighted by Gasteiger charge is 2.34. The molecule has 0 aliphatic rings. The van der Waals surface area contributed by atoms with Gasteiger partial charge in [-0.2, -0.15) is 18.3 Å². The number of nitrogens with one attached hydrogen (secondary N) is 2. The Balaban J connectivity index is 1.86. The number of rotatable bonds is 5. The number of hydrogen-bond acceptors (Lipinski definition) is 3. The van der Waals surface area contributed by atoms with Gasteiger partial charge in [0.05, 0.1) is 16.9 Å². The Morgan fingerprint density at radius 3 is 2.40 bits per heavy atom. The average Bonchev–Trinajstić information content (AvgIpc) is 3.06. The number of nitrogens with zero attached hydrogens (tertiary/aromatic N) is 2. The van der Waals surface area contributed by atoms with Gasteiger partial charge in [0, 0.05) is 18.2 Å². The fourth-order valence-corrected chi connectivity index (χ4v) is 2.82. The summed E-state index contributed by atoms with van der Waals surface area (Å²) in [5, 5.41) is 9.14. The van der Waals surface area contributed by atoms with Gasteiger partial charge >= 0.3 is 12.2 Å². The lowest BCUT2D eigenvalue weighted by atomic mass is 10.1. The number of hydrogen-bond donors (Lipinski definition) is 3. The molecule has 4 N–H and O–H groups in total. The Kier molecular flexibility index (Phi) is 5.77. The monoisotopic (exact) mass is 417 g/mol. The summed E-state index contributed by atoms with van der Waals surface area (Å²) in [6.07, 6.45) is -4.58. The molecule has 3 amide bonds. The molecule has 2 aromatic carbocycles. The van der Waals surface area contributed by atoms with Crippen LogP contribution in [0.1, 0.15) is 27.2 Å². The van der Waals surface area contributed by atoms with Gasteiger partial charge < -0.3 is 16.4 Å². The van der Waals surface area contributed by atoms with Crippen LogP contribution in [0.2, 0.25) is 0 Å². The number of aromatic nitrogens is 2. The summed E-state index contributed by atoms with van der Waals surface area (Å²) in [4.78, 5) is 23.4. The number of nitrogens with two attached hydrogens (primary N) is 1. The van der Waals surface area contributed by atoms with Crippen LogP contribution in [-0.2, 0) is 12.7 Å². The molecule has 0 unspecified atom stereocenters. The highest BCUT2D eigenvalue weighted by Crippen LogP contribution is 2.34. The van der Waals surface area contributed by atoms with E-state index < -0.39 is 23.7 Å². The molecule has 10 heteroatoms. The van der Waals surface area contributed by atoms with Crippen molar-refractivity contribution in [2.45, 2.75) is 19.6 Å². The first-order valence-electron chi connectivity index (χ1n) is 8.82. The molecule has 0 bridgehead atoms. The van der Waals surface area contributed by atoms with Gasteiger partial charge in [0.25, 0.3) is 5.91 Å². The number of para-hydroxylation sites is 1. The number of aryl methyl sites for hydroxylation is 1. The van der Waals surface area contributed by atoms with E-state index in [9.17, 15) is 22.8 Å². The zero-order valence-electron chi connectivity index (χ0n) is 15.8. The highest BCUT2D eigenvalue weighted by molar-refractivity contribution is 6.04. The quantitative estimate of drug-likeness (QED) is 0.591. The number of urea groups is 1. The minimum atomic E-state index is -4.58. The Labute approximate surface area is 169 Å². The molecule has 0 saturated heterocycles. The Morgan fingerprint density at radius 2 is 1.77 bits per heavy atom. The number of carbonyl (C=O) groups is 2. The van der Waals surface area contributed by atoms with Crippen LogP contribution >= 0.6 is 0 Å². The van der Waals surface area contributed by atoms with Crippen LogP contribution in [0.5, 0.6) is 0 Å². The van der Waals surface area contributed by atoms with Gasteiger partial charge in [0.2, 0.25) is 0 Å². The lowest BCUT2D eigenvalue weighted by molar-refractivity contribution is -0.137. The molecule has 0 spiro atoms. The van der Waals surface area contributed by atoms with Crippen molar-refractivity contribution in [2.75, 3.05) is 5.32 Å². The van der Waals surface area contributed by atoms with Crippen LogP contribution in [0.4, 0.5) is 23.8 Å². The Hall–Kier alpha value is -3.82. The molecule has 3 rings (SSSR count). The number of anilines is 1. The summed E-state index contributed by atoms with van der Waals surface area (Å²) in [5.41, 5.74) is 5.41. The molecule has 0 saturated carbocycles. The number of primary amides is 1. The summed E-state index contributed by atoms with van der Waals surface area (Å²) in [7, 11) is 0. The normalized spacial score (nSPS) is 11.2. The zero-order chi connectivity index (χ0) is 21.9. The number of benzene rings is 2. The van der Waals surface area contributed by atoms with Gasteiger partial charge in [0.1, 0.15) is 5.82 Å². The smallest absolute Gasteiger partial charge is 0.352 e. The standard InChI is InChI=1S/C20H18F3N5O2/c1-12-10-17(28(27-12)16-5-3-2-4-15(16)20(21,22)23)26-18(29)14-8-6-13(7-9-14)11-25-19(24)30/h2-10H,11H2,1H3,(H,26,29)(H3,24,25,30). The fraction of sp³-hybridized carbons (Fsp3) is 0.150. The fourth-order valence-electron chi connectivity index (χ4n) is 2.82. The van der Waals surface area contributed by atoms with Crippen molar-refractivity contribution in [3.05, 3.63) is 77.0 Å². The topological polar surface area (TPSA) is 102 Å². The zero-order valence-corrected chi connectivity index (χ0v) is 15.8. The molecular formula is C20H18F3N5O2. The largest absolute Gasteiger partial charge is 0.418 e. The van der Waals surface area contributed by atoms with E-state index in [4.69, 9.17) is 5.73 Å². The minimum absolute atomic E-state index is 0.105. The Bertz CT molecular complexity index is 1070. The van der Waals surface area contributed by atoms with Crippen molar-refractivity contribution in [3.63, 3.8) is 0 Å². The second kappa shape index (κ2) is 8.27. The van der Waals surface area contributed by atoms with Crippen LogP contribution in [0.15, 0.2) is 54.6 Å². The number of halogens is 3. The molecule has 1 aromatic heterocycles. The number of amides is 3. The third-order valence-corrected chi connectivity index (χ3v) is 4.19. The first kappa shape index (κ1) is 20.9. The lowest BCUT2D eigenvalue weighted by Gasteiger charge is -2.15. The van der Waals surface area contributed by atoms with Crippen LogP contribution in [0.25, 0.3) is 5.69 Å². The molecule has 0 aliphatic carbocycles. The van der Waals surface area contributed by atoms with Crippen molar-refractivity contribution in [1.29, 1.82) is 0 Å². The van der Waals surface area contributed by atoms with Crippen molar-refractivity contribution in [1.82, 2.24) is 15.1 Å². The first-order valence-corrected chi connectivity index (χ1v) is 8.82. The molecule has 30 heavy (non-hydrogen) atoms. The molecular weight excluding hydrogens is 399 g/mol. The Morgan fingerprint density at radius 1 is 1.10 bits per heavy atom. The van der Waals surface area contributed by atoms with E-state index in [-0.39, 0.29) is 23.6 Å². The maximum absolute atomic E-state index is 13.4. The van der Waals surface area contributed by atoms with E-state index in [2.05, 4.69) is 15.7 Å². The van der Waals surface area contributed by atoms with Crippen LogP contribution < -0.4 is 16.4 Å². The maximum Gasteiger partial charge on any atom is 0.418 e. The molecule has 3 aromatic rings. The summed E-state index contributed by atoms with van der Waals surface area (Å²) in [6, 6.07) is 12.1.